The summed E-state index contributed by atoms with van der Waals surface area (Å²) in [6.07, 6.45) is 3.77. The number of anilines is 1. The minimum Gasteiger partial charge on any atom is -0.372 e. The minimum absolute atomic E-state index is 0.0637. The minimum atomic E-state index is -0.602. The number of nitrogens with zero attached hydrogens (tertiary/aromatic N) is 2. The predicted octanol–water partition coefficient (Wildman–Crippen LogP) is 3.20. The number of rotatable bonds is 6. The van der Waals surface area contributed by atoms with Crippen LogP contribution in [0, 0.1) is 5.82 Å². The Morgan fingerprint density at radius 1 is 1.04 bits per heavy atom. The van der Waals surface area contributed by atoms with Gasteiger partial charge in [-0.05, 0) is 49.1 Å². The highest BCUT2D eigenvalue weighted by molar-refractivity contribution is 5.96. The number of piperidine rings is 1. The summed E-state index contributed by atoms with van der Waals surface area (Å²) in [6, 6.07) is 14.0. The van der Waals surface area contributed by atoms with Crippen LogP contribution in [0.25, 0.3) is 0 Å². The smallest absolute Gasteiger partial charge is 0.254 e. The second-order valence-corrected chi connectivity index (χ2v) is 7.13. The summed E-state index contributed by atoms with van der Waals surface area (Å²) in [5.74, 6) is -1.43. The topological polar surface area (TPSA) is 52.6 Å². The fourth-order valence-corrected chi connectivity index (χ4v) is 3.36. The highest BCUT2D eigenvalue weighted by atomic mass is 19.1. The molecule has 0 aliphatic carbocycles. The maximum absolute atomic E-state index is 13.6. The second-order valence-electron chi connectivity index (χ2n) is 7.13. The molecule has 0 aromatic heterocycles. The van der Waals surface area contributed by atoms with Crippen molar-refractivity contribution in [1.29, 1.82) is 0 Å². The summed E-state index contributed by atoms with van der Waals surface area (Å²) >= 11 is 0. The van der Waals surface area contributed by atoms with Crippen LogP contribution in [0.4, 0.5) is 10.1 Å². The van der Waals surface area contributed by atoms with Crippen LogP contribution in [-0.4, -0.2) is 43.4 Å². The molecule has 0 spiro atoms. The normalized spacial score (nSPS) is 13.9. The first-order chi connectivity index (χ1) is 13.5. The van der Waals surface area contributed by atoms with Crippen molar-refractivity contribution in [2.24, 2.45) is 0 Å². The van der Waals surface area contributed by atoms with E-state index in [1.807, 2.05) is 12.1 Å². The third-order valence-corrected chi connectivity index (χ3v) is 5.02. The molecule has 1 aliphatic rings. The Morgan fingerprint density at radius 3 is 2.39 bits per heavy atom. The van der Waals surface area contributed by atoms with Crippen LogP contribution in [0.5, 0.6) is 0 Å². The molecule has 0 radical (unpaired) electrons. The Morgan fingerprint density at radius 2 is 1.71 bits per heavy atom. The SMILES string of the molecule is CN(Cc1ccc(N2CCCCC2)cc1)C(=O)CNC(=O)c1ccccc1F. The average Bonchev–Trinajstić information content (AvgIpc) is 2.73. The van der Waals surface area contributed by atoms with Gasteiger partial charge in [0.05, 0.1) is 12.1 Å². The molecule has 2 amide bonds. The van der Waals surface area contributed by atoms with Crippen LogP contribution in [0.2, 0.25) is 0 Å². The quantitative estimate of drug-likeness (QED) is 0.833. The number of hydrogen-bond acceptors (Lipinski definition) is 3. The molecule has 2 aromatic carbocycles. The first kappa shape index (κ1) is 19.9. The van der Waals surface area contributed by atoms with Gasteiger partial charge in [-0.2, -0.15) is 0 Å². The molecular formula is C22H26FN3O2. The summed E-state index contributed by atoms with van der Waals surface area (Å²) in [5, 5.41) is 2.48. The van der Waals surface area contributed by atoms with Crippen molar-refractivity contribution in [2.75, 3.05) is 31.6 Å². The Labute approximate surface area is 165 Å². The number of benzene rings is 2. The molecule has 3 rings (SSSR count). The van der Waals surface area contributed by atoms with Gasteiger partial charge in [0.2, 0.25) is 5.91 Å². The number of hydrogen-bond donors (Lipinski definition) is 1. The molecule has 1 fully saturated rings. The Kier molecular flexibility index (Phi) is 6.63. The third-order valence-electron chi connectivity index (χ3n) is 5.02. The Bertz CT molecular complexity index is 817. The molecule has 1 aliphatic heterocycles. The van der Waals surface area contributed by atoms with Crippen LogP contribution in [-0.2, 0) is 11.3 Å². The van der Waals surface area contributed by atoms with Crippen molar-refractivity contribution in [3.63, 3.8) is 0 Å². The van der Waals surface area contributed by atoms with Gasteiger partial charge in [0.1, 0.15) is 5.82 Å². The highest BCUT2D eigenvalue weighted by Crippen LogP contribution is 2.20. The molecule has 148 valence electrons. The molecule has 2 aromatic rings. The number of carbonyl (C=O) groups excluding carboxylic acids is 2. The van der Waals surface area contributed by atoms with Gasteiger partial charge in [0.15, 0.2) is 0 Å². The molecule has 6 heteroatoms. The van der Waals surface area contributed by atoms with Crippen molar-refractivity contribution in [2.45, 2.75) is 25.8 Å². The summed E-state index contributed by atoms with van der Waals surface area (Å²) in [6.45, 7) is 2.48. The van der Waals surface area contributed by atoms with E-state index >= 15 is 0 Å². The maximum atomic E-state index is 13.6. The standard InChI is InChI=1S/C22H26FN3O2/c1-25(21(27)15-24-22(28)19-7-3-4-8-20(19)23)16-17-9-11-18(12-10-17)26-13-5-2-6-14-26/h3-4,7-12H,2,5-6,13-16H2,1H3,(H,24,28). The van der Waals surface area contributed by atoms with Crippen LogP contribution in [0.3, 0.4) is 0 Å². The van der Waals surface area contributed by atoms with E-state index in [1.54, 1.807) is 18.0 Å². The fraction of sp³-hybridized carbons (Fsp3) is 0.364. The van der Waals surface area contributed by atoms with Crippen molar-refractivity contribution in [3.05, 3.63) is 65.5 Å². The van der Waals surface area contributed by atoms with Crippen molar-refractivity contribution >= 4 is 17.5 Å². The zero-order chi connectivity index (χ0) is 19.9. The lowest BCUT2D eigenvalue weighted by Gasteiger charge is -2.29. The third kappa shape index (κ3) is 5.09. The molecule has 0 saturated carbocycles. The second kappa shape index (κ2) is 9.35. The lowest BCUT2D eigenvalue weighted by atomic mass is 10.1. The van der Waals surface area contributed by atoms with E-state index in [9.17, 15) is 14.0 Å². The van der Waals surface area contributed by atoms with Crippen LogP contribution >= 0.6 is 0 Å². The largest absolute Gasteiger partial charge is 0.372 e. The van der Waals surface area contributed by atoms with E-state index in [0.717, 1.165) is 18.7 Å². The zero-order valence-electron chi connectivity index (χ0n) is 16.2. The summed E-state index contributed by atoms with van der Waals surface area (Å²) < 4.78 is 13.6. The Hall–Kier alpha value is -2.89. The average molecular weight is 383 g/mol. The van der Waals surface area contributed by atoms with Gasteiger partial charge in [-0.1, -0.05) is 24.3 Å². The molecule has 28 heavy (non-hydrogen) atoms. The molecule has 1 saturated heterocycles. The van der Waals surface area contributed by atoms with E-state index in [4.69, 9.17) is 0 Å². The molecule has 5 nitrogen and oxygen atoms in total. The van der Waals surface area contributed by atoms with E-state index in [1.165, 1.54) is 43.1 Å². The molecular weight excluding hydrogens is 357 g/mol. The predicted molar refractivity (Wildman–Crippen MR) is 108 cm³/mol. The highest BCUT2D eigenvalue weighted by Gasteiger charge is 2.15. The van der Waals surface area contributed by atoms with Gasteiger partial charge in [-0.3, -0.25) is 9.59 Å². The number of halogens is 1. The van der Waals surface area contributed by atoms with Crippen molar-refractivity contribution in [1.82, 2.24) is 10.2 Å². The zero-order valence-corrected chi connectivity index (χ0v) is 16.2. The summed E-state index contributed by atoms with van der Waals surface area (Å²) in [7, 11) is 1.69. The van der Waals surface area contributed by atoms with Crippen LogP contribution in [0.15, 0.2) is 48.5 Å². The Balaban J connectivity index is 1.49. The van der Waals surface area contributed by atoms with E-state index < -0.39 is 11.7 Å². The maximum Gasteiger partial charge on any atom is 0.254 e. The molecule has 0 unspecified atom stereocenters. The summed E-state index contributed by atoms with van der Waals surface area (Å²) in [4.78, 5) is 28.2. The number of likely N-dealkylation sites (N-methyl/N-ethyl adjacent to an activating group) is 1. The van der Waals surface area contributed by atoms with Crippen LogP contribution in [0.1, 0.15) is 35.2 Å². The van der Waals surface area contributed by atoms with E-state index in [0.29, 0.717) is 6.54 Å². The molecule has 1 N–H and O–H groups in total. The lowest BCUT2D eigenvalue weighted by Crippen LogP contribution is -2.38. The van der Waals surface area contributed by atoms with Crippen molar-refractivity contribution in [3.8, 4) is 0 Å². The van der Waals surface area contributed by atoms with Gasteiger partial charge in [0.25, 0.3) is 5.91 Å². The van der Waals surface area contributed by atoms with E-state index in [-0.39, 0.29) is 18.0 Å². The first-order valence-electron chi connectivity index (χ1n) is 9.65. The van der Waals surface area contributed by atoms with Gasteiger partial charge >= 0.3 is 0 Å². The number of carbonyl (C=O) groups is 2. The lowest BCUT2D eigenvalue weighted by molar-refractivity contribution is -0.129. The molecule has 0 atom stereocenters. The summed E-state index contributed by atoms with van der Waals surface area (Å²) in [5.41, 5.74) is 2.18. The van der Waals surface area contributed by atoms with Gasteiger partial charge in [-0.15, -0.1) is 0 Å². The van der Waals surface area contributed by atoms with Crippen molar-refractivity contribution < 1.29 is 14.0 Å². The fourth-order valence-electron chi connectivity index (χ4n) is 3.36. The number of nitrogens with one attached hydrogen (secondary N) is 1. The first-order valence-corrected chi connectivity index (χ1v) is 9.65. The van der Waals surface area contributed by atoms with E-state index in [2.05, 4.69) is 22.3 Å². The van der Waals surface area contributed by atoms with Gasteiger partial charge in [-0.25, -0.2) is 4.39 Å². The monoisotopic (exact) mass is 383 g/mol. The van der Waals surface area contributed by atoms with Gasteiger partial charge < -0.3 is 15.1 Å². The number of amides is 2. The molecule has 1 heterocycles. The van der Waals surface area contributed by atoms with Crippen LogP contribution < -0.4 is 10.2 Å². The van der Waals surface area contributed by atoms with Gasteiger partial charge in [0, 0.05) is 32.4 Å². The molecule has 0 bridgehead atoms.